The van der Waals surface area contributed by atoms with Crippen molar-refractivity contribution in [3.05, 3.63) is 11.6 Å². The maximum Gasteiger partial charge on any atom is 0.145 e. The third kappa shape index (κ3) is 4.59. The molecule has 0 aliphatic heterocycles. The molecular formula is C13H24O. The number of allylic oxidation sites excluding steroid dienone is 2. The molecule has 0 fully saturated rings. The fraction of sp³-hybridized carbons (Fsp3) is 0.769. The first-order valence-electron chi connectivity index (χ1n) is 5.86. The van der Waals surface area contributed by atoms with Crippen LogP contribution >= 0.6 is 0 Å². The number of hydrogen-bond acceptors (Lipinski definition) is 1. The van der Waals surface area contributed by atoms with Crippen LogP contribution in [0, 0.1) is 11.8 Å². The van der Waals surface area contributed by atoms with Gasteiger partial charge in [0.25, 0.3) is 0 Å². The van der Waals surface area contributed by atoms with Crippen molar-refractivity contribution in [3.63, 3.8) is 0 Å². The van der Waals surface area contributed by atoms with Crippen LogP contribution in [0.4, 0.5) is 0 Å². The molecule has 0 aliphatic carbocycles. The summed E-state index contributed by atoms with van der Waals surface area (Å²) in [5, 5.41) is 0. The molecular weight excluding hydrogens is 172 g/mol. The molecule has 0 N–H and O–H groups in total. The van der Waals surface area contributed by atoms with Gasteiger partial charge >= 0.3 is 0 Å². The van der Waals surface area contributed by atoms with Gasteiger partial charge in [0, 0.05) is 0 Å². The third-order valence-corrected chi connectivity index (χ3v) is 2.90. The second kappa shape index (κ2) is 7.78. The highest BCUT2D eigenvalue weighted by Gasteiger charge is 2.09. The minimum atomic E-state index is 0.429. The molecule has 0 heterocycles. The predicted octanol–water partition coefficient (Wildman–Crippen LogP) is 3.98. The Kier molecular flexibility index (Phi) is 7.45. The first-order chi connectivity index (χ1) is 6.69. The number of carbonyl (C=O) groups excluding carboxylic acids is 1. The fourth-order valence-corrected chi connectivity index (χ4v) is 1.72. The quantitative estimate of drug-likeness (QED) is 0.444. The van der Waals surface area contributed by atoms with E-state index in [-0.39, 0.29) is 0 Å². The van der Waals surface area contributed by atoms with Gasteiger partial charge in [0.2, 0.25) is 0 Å². The molecule has 0 aliphatic rings. The Morgan fingerprint density at radius 2 is 1.79 bits per heavy atom. The maximum atomic E-state index is 10.9. The minimum absolute atomic E-state index is 0.429. The van der Waals surface area contributed by atoms with E-state index in [1.54, 1.807) is 0 Å². The molecule has 0 aromatic carbocycles. The average molecular weight is 196 g/mol. The lowest BCUT2D eigenvalue weighted by Gasteiger charge is -2.13. The van der Waals surface area contributed by atoms with Crippen LogP contribution in [0.2, 0.25) is 0 Å². The molecule has 82 valence electrons. The van der Waals surface area contributed by atoms with E-state index in [1.807, 2.05) is 0 Å². The lowest BCUT2D eigenvalue weighted by atomic mass is 9.92. The van der Waals surface area contributed by atoms with E-state index < -0.39 is 0 Å². The molecule has 1 nitrogen and oxygen atoms in total. The first kappa shape index (κ1) is 13.4. The zero-order chi connectivity index (χ0) is 11.0. The van der Waals surface area contributed by atoms with E-state index in [9.17, 15) is 4.79 Å². The van der Waals surface area contributed by atoms with Crippen molar-refractivity contribution >= 4 is 6.29 Å². The van der Waals surface area contributed by atoms with Gasteiger partial charge in [-0.3, -0.25) is 4.79 Å². The highest BCUT2D eigenvalue weighted by Crippen LogP contribution is 2.19. The molecule has 0 saturated carbocycles. The van der Waals surface area contributed by atoms with E-state index in [2.05, 4.69) is 33.8 Å². The van der Waals surface area contributed by atoms with Crippen LogP contribution in [0.3, 0.4) is 0 Å². The molecule has 0 aromatic rings. The summed E-state index contributed by atoms with van der Waals surface area (Å²) in [5.41, 5.74) is 1.00. The molecule has 0 spiro atoms. The van der Waals surface area contributed by atoms with Crippen molar-refractivity contribution in [3.8, 4) is 0 Å². The van der Waals surface area contributed by atoms with Gasteiger partial charge in [-0.1, -0.05) is 40.2 Å². The van der Waals surface area contributed by atoms with Gasteiger partial charge in [-0.25, -0.2) is 0 Å². The Morgan fingerprint density at radius 3 is 2.14 bits per heavy atom. The van der Waals surface area contributed by atoms with Gasteiger partial charge in [-0.05, 0) is 36.7 Å². The van der Waals surface area contributed by atoms with Crippen molar-refractivity contribution in [1.29, 1.82) is 0 Å². The van der Waals surface area contributed by atoms with Crippen molar-refractivity contribution < 1.29 is 4.79 Å². The Balaban J connectivity index is 4.42. The summed E-state index contributed by atoms with van der Waals surface area (Å²) >= 11 is 0. The Morgan fingerprint density at radius 1 is 1.21 bits per heavy atom. The van der Waals surface area contributed by atoms with Gasteiger partial charge in [-0.2, -0.15) is 0 Å². The zero-order valence-corrected chi connectivity index (χ0v) is 10.0. The molecule has 0 radical (unpaired) electrons. The summed E-state index contributed by atoms with van der Waals surface area (Å²) in [6, 6.07) is 0. The molecule has 1 heteroatoms. The predicted molar refractivity (Wildman–Crippen MR) is 62.3 cm³/mol. The van der Waals surface area contributed by atoms with E-state index >= 15 is 0 Å². The van der Waals surface area contributed by atoms with Crippen LogP contribution in [-0.4, -0.2) is 6.29 Å². The van der Waals surface area contributed by atoms with Crippen LogP contribution in [0.1, 0.15) is 53.4 Å². The smallest absolute Gasteiger partial charge is 0.145 e. The lowest BCUT2D eigenvalue weighted by molar-refractivity contribution is -0.105. The van der Waals surface area contributed by atoms with Crippen LogP contribution in [0.15, 0.2) is 11.6 Å². The summed E-state index contributed by atoms with van der Waals surface area (Å²) < 4.78 is 0. The summed E-state index contributed by atoms with van der Waals surface area (Å²) in [6.07, 6.45) is 7.74. The molecule has 0 amide bonds. The van der Waals surface area contributed by atoms with Gasteiger partial charge < -0.3 is 0 Å². The fourth-order valence-electron chi connectivity index (χ4n) is 1.72. The van der Waals surface area contributed by atoms with E-state index in [4.69, 9.17) is 0 Å². The van der Waals surface area contributed by atoms with Crippen molar-refractivity contribution in [2.24, 2.45) is 11.8 Å². The molecule has 0 rings (SSSR count). The van der Waals surface area contributed by atoms with Gasteiger partial charge in [0.05, 0.1) is 0 Å². The third-order valence-electron chi connectivity index (χ3n) is 2.90. The highest BCUT2D eigenvalue weighted by molar-refractivity contribution is 5.73. The molecule has 14 heavy (non-hydrogen) atoms. The number of aldehydes is 1. The topological polar surface area (TPSA) is 17.1 Å². The van der Waals surface area contributed by atoms with E-state index in [0.717, 1.165) is 37.5 Å². The van der Waals surface area contributed by atoms with E-state index in [1.165, 1.54) is 0 Å². The van der Waals surface area contributed by atoms with Gasteiger partial charge in [-0.15, -0.1) is 0 Å². The minimum Gasteiger partial charge on any atom is -0.298 e. The number of hydrogen-bond donors (Lipinski definition) is 0. The van der Waals surface area contributed by atoms with Gasteiger partial charge in [0.15, 0.2) is 0 Å². The summed E-state index contributed by atoms with van der Waals surface area (Å²) in [4.78, 5) is 10.9. The van der Waals surface area contributed by atoms with Crippen LogP contribution in [0.25, 0.3) is 0 Å². The van der Waals surface area contributed by atoms with Crippen LogP contribution in [-0.2, 0) is 4.79 Å². The number of rotatable bonds is 7. The second-order valence-corrected chi connectivity index (χ2v) is 4.05. The molecule has 0 aromatic heterocycles. The largest absolute Gasteiger partial charge is 0.298 e. The lowest BCUT2D eigenvalue weighted by Crippen LogP contribution is -2.04. The first-order valence-corrected chi connectivity index (χ1v) is 5.86. The SMILES string of the molecule is CCCC(C)/C(C=O)=C/C(CC)CC. The van der Waals surface area contributed by atoms with Crippen LogP contribution < -0.4 is 0 Å². The normalized spacial score (nSPS) is 14.5. The molecule has 0 bridgehead atoms. The summed E-state index contributed by atoms with van der Waals surface area (Å²) in [5.74, 6) is 1.01. The summed E-state index contributed by atoms with van der Waals surface area (Å²) in [7, 11) is 0. The monoisotopic (exact) mass is 196 g/mol. The Bertz CT molecular complexity index is 178. The zero-order valence-electron chi connectivity index (χ0n) is 10.0. The second-order valence-electron chi connectivity index (χ2n) is 4.05. The Hall–Kier alpha value is -0.590. The van der Waals surface area contributed by atoms with Crippen molar-refractivity contribution in [2.75, 3.05) is 0 Å². The summed E-state index contributed by atoms with van der Waals surface area (Å²) in [6.45, 7) is 8.66. The average Bonchev–Trinajstić information content (AvgIpc) is 2.20. The van der Waals surface area contributed by atoms with Crippen molar-refractivity contribution in [1.82, 2.24) is 0 Å². The van der Waals surface area contributed by atoms with Crippen LogP contribution in [0.5, 0.6) is 0 Å². The van der Waals surface area contributed by atoms with Gasteiger partial charge in [0.1, 0.15) is 6.29 Å². The van der Waals surface area contributed by atoms with Crippen molar-refractivity contribution in [2.45, 2.75) is 53.4 Å². The molecule has 1 atom stereocenters. The van der Waals surface area contributed by atoms with E-state index in [0.29, 0.717) is 11.8 Å². The number of carbonyl (C=O) groups is 1. The molecule has 0 saturated heterocycles. The highest BCUT2D eigenvalue weighted by atomic mass is 16.1. The molecule has 1 unspecified atom stereocenters. The Labute approximate surface area is 88.6 Å². The maximum absolute atomic E-state index is 10.9. The standard InChI is InChI=1S/C13H24O/c1-5-8-11(4)13(10-14)9-12(6-2)7-3/h9-12H,5-8H2,1-4H3/b13-9+.